The number of nitrogens with one attached hydrogen (secondary N) is 2. The van der Waals surface area contributed by atoms with E-state index in [0.717, 1.165) is 0 Å². The van der Waals surface area contributed by atoms with Crippen LogP contribution in [0.2, 0.25) is 0 Å². The van der Waals surface area contributed by atoms with Crippen LogP contribution in [0.4, 0.5) is 4.79 Å². The highest BCUT2D eigenvalue weighted by atomic mass is 16.5. The van der Waals surface area contributed by atoms with Gasteiger partial charge in [0.15, 0.2) is 0 Å². The van der Waals surface area contributed by atoms with Gasteiger partial charge in [-0.05, 0) is 12.5 Å². The minimum Gasteiger partial charge on any atom is -0.481 e. The predicted octanol–water partition coefficient (Wildman–Crippen LogP) is -0.294. The first-order chi connectivity index (χ1) is 12.2. The number of aliphatic hydroxyl groups is 1. The summed E-state index contributed by atoms with van der Waals surface area (Å²) in [6.07, 6.45) is -3.23. The number of rotatable bonds is 9. The molecule has 0 aliphatic rings. The van der Waals surface area contributed by atoms with Gasteiger partial charge < -0.3 is 30.7 Å². The van der Waals surface area contributed by atoms with E-state index < -0.39 is 48.5 Å². The molecule has 1 rings (SSSR count). The van der Waals surface area contributed by atoms with Crippen LogP contribution < -0.4 is 10.6 Å². The number of carbonyl (C=O) groups excluding carboxylic acids is 2. The van der Waals surface area contributed by atoms with Crippen LogP contribution in [-0.4, -0.2) is 57.4 Å². The Kier molecular flexibility index (Phi) is 8.03. The van der Waals surface area contributed by atoms with Crippen LogP contribution in [0.3, 0.4) is 0 Å². The van der Waals surface area contributed by atoms with Crippen molar-refractivity contribution in [3.63, 3.8) is 0 Å². The molecule has 1 aromatic carbocycles. The zero-order chi connectivity index (χ0) is 19.7. The quantitative estimate of drug-likeness (QED) is 0.397. The molecule has 2 amide bonds. The van der Waals surface area contributed by atoms with Gasteiger partial charge in [-0.3, -0.25) is 9.59 Å². The number of carboxylic acid groups (broad SMARTS) is 2. The third kappa shape index (κ3) is 7.18. The lowest BCUT2D eigenvalue weighted by Crippen LogP contribution is -2.56. The summed E-state index contributed by atoms with van der Waals surface area (Å²) in [7, 11) is 0. The first-order valence-electron chi connectivity index (χ1n) is 7.61. The normalized spacial score (nSPS) is 13.8. The first kappa shape index (κ1) is 20.9. The van der Waals surface area contributed by atoms with Crippen LogP contribution in [0.25, 0.3) is 0 Å². The lowest BCUT2D eigenvalue weighted by molar-refractivity contribution is -0.147. The number of carboxylic acids is 2. The van der Waals surface area contributed by atoms with Gasteiger partial charge in [0.25, 0.3) is 0 Å². The summed E-state index contributed by atoms with van der Waals surface area (Å²) in [5.41, 5.74) is 0.702. The molecule has 0 aliphatic carbocycles. The Morgan fingerprint density at radius 2 is 1.69 bits per heavy atom. The van der Waals surface area contributed by atoms with Crippen molar-refractivity contribution in [3.05, 3.63) is 35.9 Å². The Balaban J connectivity index is 2.65. The molecule has 0 spiro atoms. The van der Waals surface area contributed by atoms with E-state index in [4.69, 9.17) is 14.9 Å². The van der Waals surface area contributed by atoms with Crippen LogP contribution in [0, 0.1) is 0 Å². The van der Waals surface area contributed by atoms with Crippen LogP contribution in [0.15, 0.2) is 30.3 Å². The molecule has 0 heterocycles. The third-order valence-electron chi connectivity index (χ3n) is 3.24. The smallest absolute Gasteiger partial charge is 0.408 e. The number of alkyl carbamates (subject to hydrolysis) is 1. The number of hydrogen-bond donors (Lipinski definition) is 5. The molecule has 0 saturated carbocycles. The summed E-state index contributed by atoms with van der Waals surface area (Å²) in [6, 6.07) is 5.49. The SMILES string of the molecule is C[C@@H](O)[C@H](NC(=O)OCc1ccccc1)C(=O)N[C@@H](CC(=O)O)C(=O)O. The highest BCUT2D eigenvalue weighted by Gasteiger charge is 2.31. The number of hydrogen-bond acceptors (Lipinski definition) is 6. The molecule has 0 unspecified atom stereocenters. The summed E-state index contributed by atoms with van der Waals surface area (Å²) in [5, 5.41) is 31.3. The van der Waals surface area contributed by atoms with Gasteiger partial charge in [0.2, 0.25) is 5.91 Å². The number of ether oxygens (including phenoxy) is 1. The zero-order valence-electron chi connectivity index (χ0n) is 13.9. The fraction of sp³-hybridized carbons (Fsp3) is 0.375. The second-order valence-corrected chi connectivity index (χ2v) is 5.42. The van der Waals surface area contributed by atoms with Gasteiger partial charge in [0.05, 0.1) is 12.5 Å². The minimum atomic E-state index is -1.71. The maximum Gasteiger partial charge on any atom is 0.408 e. The van der Waals surface area contributed by atoms with Gasteiger partial charge >= 0.3 is 18.0 Å². The Labute approximate surface area is 148 Å². The number of aliphatic hydroxyl groups excluding tert-OH is 1. The average Bonchev–Trinajstić information content (AvgIpc) is 2.57. The van der Waals surface area contributed by atoms with Gasteiger partial charge in [-0.15, -0.1) is 0 Å². The topological polar surface area (TPSA) is 162 Å². The van der Waals surface area contributed by atoms with Crippen molar-refractivity contribution in [2.75, 3.05) is 0 Å². The molecule has 0 bridgehead atoms. The monoisotopic (exact) mass is 368 g/mol. The Morgan fingerprint density at radius 3 is 2.19 bits per heavy atom. The van der Waals surface area contributed by atoms with E-state index in [-0.39, 0.29) is 6.61 Å². The summed E-state index contributed by atoms with van der Waals surface area (Å²) in [5.74, 6) is -4.04. The molecule has 0 fully saturated rings. The fourth-order valence-electron chi connectivity index (χ4n) is 1.93. The standard InChI is InChI=1S/C16H20N2O8/c1-9(19)13(14(22)17-11(15(23)24)7-12(20)21)18-16(25)26-8-10-5-3-2-4-6-10/h2-6,9,11,13,19H,7-8H2,1H3,(H,17,22)(H,18,25)(H,20,21)(H,23,24)/t9-,11+,13+/m1/s1. The van der Waals surface area contributed by atoms with E-state index in [2.05, 4.69) is 5.32 Å². The van der Waals surface area contributed by atoms with E-state index in [1.165, 1.54) is 6.92 Å². The fourth-order valence-corrected chi connectivity index (χ4v) is 1.93. The molecule has 1 aromatic rings. The number of carbonyl (C=O) groups is 4. The summed E-state index contributed by atoms with van der Waals surface area (Å²) < 4.78 is 4.92. The van der Waals surface area contributed by atoms with Crippen LogP contribution in [0.1, 0.15) is 18.9 Å². The minimum absolute atomic E-state index is 0.0718. The molecular weight excluding hydrogens is 348 g/mol. The number of amides is 2. The van der Waals surface area contributed by atoms with Gasteiger partial charge in [-0.25, -0.2) is 9.59 Å². The van der Waals surface area contributed by atoms with Crippen molar-refractivity contribution < 1.29 is 39.2 Å². The predicted molar refractivity (Wildman–Crippen MR) is 87.1 cm³/mol. The van der Waals surface area contributed by atoms with E-state index in [1.807, 2.05) is 5.32 Å². The molecule has 5 N–H and O–H groups in total. The number of benzene rings is 1. The molecular formula is C16H20N2O8. The van der Waals surface area contributed by atoms with Crippen molar-refractivity contribution >= 4 is 23.9 Å². The molecule has 0 saturated heterocycles. The molecule has 0 radical (unpaired) electrons. The summed E-state index contributed by atoms with van der Waals surface area (Å²) in [4.78, 5) is 45.5. The zero-order valence-corrected chi connectivity index (χ0v) is 13.9. The van der Waals surface area contributed by atoms with Crippen molar-refractivity contribution in [1.82, 2.24) is 10.6 Å². The van der Waals surface area contributed by atoms with Gasteiger partial charge in [0, 0.05) is 0 Å². The molecule has 0 aromatic heterocycles. The van der Waals surface area contributed by atoms with E-state index in [9.17, 15) is 24.3 Å². The maximum atomic E-state index is 12.1. The summed E-state index contributed by atoms with van der Waals surface area (Å²) >= 11 is 0. The largest absolute Gasteiger partial charge is 0.481 e. The van der Waals surface area contributed by atoms with Crippen LogP contribution >= 0.6 is 0 Å². The first-order valence-corrected chi connectivity index (χ1v) is 7.61. The molecule has 10 heteroatoms. The van der Waals surface area contributed by atoms with Crippen molar-refractivity contribution in [1.29, 1.82) is 0 Å². The second-order valence-electron chi connectivity index (χ2n) is 5.42. The van der Waals surface area contributed by atoms with Crippen molar-refractivity contribution in [3.8, 4) is 0 Å². The van der Waals surface area contributed by atoms with E-state index in [0.29, 0.717) is 5.56 Å². The lowest BCUT2D eigenvalue weighted by Gasteiger charge is -2.22. The average molecular weight is 368 g/mol. The molecule has 10 nitrogen and oxygen atoms in total. The maximum absolute atomic E-state index is 12.1. The van der Waals surface area contributed by atoms with Crippen LogP contribution in [0.5, 0.6) is 0 Å². The molecule has 26 heavy (non-hydrogen) atoms. The van der Waals surface area contributed by atoms with Gasteiger partial charge in [-0.1, -0.05) is 30.3 Å². The second kappa shape index (κ2) is 9.99. The van der Waals surface area contributed by atoms with Gasteiger partial charge in [0.1, 0.15) is 18.7 Å². The van der Waals surface area contributed by atoms with E-state index in [1.54, 1.807) is 30.3 Å². The highest BCUT2D eigenvalue weighted by molar-refractivity contribution is 5.91. The number of aliphatic carboxylic acids is 2. The lowest BCUT2D eigenvalue weighted by atomic mass is 10.1. The third-order valence-corrected chi connectivity index (χ3v) is 3.24. The Hall–Kier alpha value is -3.14. The Morgan fingerprint density at radius 1 is 1.08 bits per heavy atom. The van der Waals surface area contributed by atoms with Gasteiger partial charge in [-0.2, -0.15) is 0 Å². The highest BCUT2D eigenvalue weighted by Crippen LogP contribution is 2.02. The van der Waals surface area contributed by atoms with Crippen molar-refractivity contribution in [2.24, 2.45) is 0 Å². The molecule has 3 atom stereocenters. The molecule has 0 aliphatic heterocycles. The van der Waals surface area contributed by atoms with E-state index >= 15 is 0 Å². The van der Waals surface area contributed by atoms with Crippen molar-refractivity contribution in [2.45, 2.75) is 38.1 Å². The molecule has 142 valence electrons. The van der Waals surface area contributed by atoms with Crippen LogP contribution in [-0.2, 0) is 25.7 Å². The Bertz CT molecular complexity index is 647. The summed E-state index contributed by atoms with van der Waals surface area (Å²) in [6.45, 7) is 1.13.